The maximum Gasteiger partial charge on any atom is 0.244 e. The number of benzene rings is 1. The van der Waals surface area contributed by atoms with Gasteiger partial charge in [0.15, 0.2) is 0 Å². The lowest BCUT2D eigenvalue weighted by molar-refractivity contribution is -0.117. The van der Waals surface area contributed by atoms with E-state index < -0.39 is 0 Å². The SMILES string of the molecule is CSC(CO)C(C)NC(=O)/C=C/c1ccccc1C. The number of rotatable bonds is 6. The van der Waals surface area contributed by atoms with Gasteiger partial charge in [-0.2, -0.15) is 11.8 Å². The van der Waals surface area contributed by atoms with Gasteiger partial charge in [0.05, 0.1) is 6.61 Å². The minimum absolute atomic E-state index is 0.0239. The van der Waals surface area contributed by atoms with Crippen molar-refractivity contribution in [1.29, 1.82) is 0 Å². The third-order valence-corrected chi connectivity index (χ3v) is 4.18. The van der Waals surface area contributed by atoms with Crippen molar-refractivity contribution in [3.8, 4) is 0 Å². The molecule has 19 heavy (non-hydrogen) atoms. The molecule has 0 radical (unpaired) electrons. The van der Waals surface area contributed by atoms with Crippen molar-refractivity contribution in [3.63, 3.8) is 0 Å². The van der Waals surface area contributed by atoms with Gasteiger partial charge in [0.1, 0.15) is 0 Å². The molecule has 0 saturated heterocycles. The number of carbonyl (C=O) groups is 1. The fourth-order valence-electron chi connectivity index (χ4n) is 1.74. The number of carbonyl (C=O) groups excluding carboxylic acids is 1. The minimum atomic E-state index is -0.136. The molecule has 0 aliphatic carbocycles. The van der Waals surface area contributed by atoms with Gasteiger partial charge in [-0.15, -0.1) is 0 Å². The molecular formula is C15H21NO2S. The molecule has 0 aromatic heterocycles. The Labute approximate surface area is 119 Å². The Morgan fingerprint density at radius 1 is 1.47 bits per heavy atom. The molecule has 0 aliphatic heterocycles. The minimum Gasteiger partial charge on any atom is -0.395 e. The Bertz CT molecular complexity index is 442. The summed E-state index contributed by atoms with van der Waals surface area (Å²) in [7, 11) is 0. The van der Waals surface area contributed by atoms with E-state index >= 15 is 0 Å². The predicted octanol–water partition coefficient (Wildman–Crippen LogP) is 2.24. The van der Waals surface area contributed by atoms with Gasteiger partial charge in [-0.25, -0.2) is 0 Å². The third kappa shape index (κ3) is 5.09. The summed E-state index contributed by atoms with van der Waals surface area (Å²) in [5.41, 5.74) is 2.17. The molecule has 0 spiro atoms. The Hall–Kier alpha value is -1.26. The molecule has 1 amide bonds. The van der Waals surface area contributed by atoms with Gasteiger partial charge in [0, 0.05) is 17.4 Å². The van der Waals surface area contributed by atoms with Crippen LogP contribution in [-0.4, -0.2) is 35.2 Å². The second-order valence-corrected chi connectivity index (χ2v) is 5.52. The summed E-state index contributed by atoms with van der Waals surface area (Å²) >= 11 is 1.55. The van der Waals surface area contributed by atoms with Crippen LogP contribution >= 0.6 is 11.8 Å². The smallest absolute Gasteiger partial charge is 0.244 e. The van der Waals surface area contributed by atoms with Gasteiger partial charge in [0.2, 0.25) is 5.91 Å². The molecule has 2 N–H and O–H groups in total. The normalized spacial score (nSPS) is 14.3. The molecule has 1 aromatic carbocycles. The van der Waals surface area contributed by atoms with Crippen LogP contribution in [-0.2, 0) is 4.79 Å². The monoisotopic (exact) mass is 279 g/mol. The van der Waals surface area contributed by atoms with Gasteiger partial charge in [0.25, 0.3) is 0 Å². The van der Waals surface area contributed by atoms with E-state index in [-0.39, 0.29) is 23.8 Å². The largest absolute Gasteiger partial charge is 0.395 e. The quantitative estimate of drug-likeness (QED) is 0.785. The first kappa shape index (κ1) is 15.8. The topological polar surface area (TPSA) is 49.3 Å². The zero-order valence-electron chi connectivity index (χ0n) is 11.6. The summed E-state index contributed by atoms with van der Waals surface area (Å²) in [5, 5.41) is 12.1. The van der Waals surface area contributed by atoms with Crippen molar-refractivity contribution in [2.45, 2.75) is 25.1 Å². The maximum absolute atomic E-state index is 11.8. The summed E-state index contributed by atoms with van der Waals surface area (Å²) in [5.74, 6) is -0.136. The van der Waals surface area contributed by atoms with Crippen LogP contribution in [0.1, 0.15) is 18.1 Å². The Morgan fingerprint density at radius 3 is 2.74 bits per heavy atom. The molecule has 2 unspecified atom stereocenters. The highest BCUT2D eigenvalue weighted by Gasteiger charge is 2.15. The second-order valence-electron chi connectivity index (χ2n) is 4.44. The molecule has 0 saturated carbocycles. The maximum atomic E-state index is 11.8. The summed E-state index contributed by atoms with van der Waals surface area (Å²) in [6.45, 7) is 3.97. The molecule has 0 aliphatic rings. The van der Waals surface area contributed by atoms with E-state index in [0.717, 1.165) is 11.1 Å². The molecule has 1 aromatic rings. The number of aliphatic hydroxyl groups excluding tert-OH is 1. The van der Waals surface area contributed by atoms with Crippen LogP contribution in [0.4, 0.5) is 0 Å². The van der Waals surface area contributed by atoms with Crippen molar-refractivity contribution in [3.05, 3.63) is 41.5 Å². The van der Waals surface area contributed by atoms with E-state index in [0.29, 0.717) is 0 Å². The van der Waals surface area contributed by atoms with Crippen LogP contribution in [0.2, 0.25) is 0 Å². The fraction of sp³-hybridized carbons (Fsp3) is 0.400. The third-order valence-electron chi connectivity index (χ3n) is 3.01. The van der Waals surface area contributed by atoms with Crippen LogP contribution in [0.25, 0.3) is 6.08 Å². The lowest BCUT2D eigenvalue weighted by atomic mass is 10.1. The Balaban J connectivity index is 2.58. The number of thioether (sulfide) groups is 1. The van der Waals surface area contributed by atoms with E-state index in [1.807, 2.05) is 50.4 Å². The molecule has 1 rings (SSSR count). The average molecular weight is 279 g/mol. The Kier molecular flexibility index (Phi) is 6.67. The first-order valence-electron chi connectivity index (χ1n) is 6.26. The summed E-state index contributed by atoms with van der Waals surface area (Å²) < 4.78 is 0. The molecule has 3 nitrogen and oxygen atoms in total. The average Bonchev–Trinajstić information content (AvgIpc) is 2.39. The van der Waals surface area contributed by atoms with Crippen molar-refractivity contribution in [2.24, 2.45) is 0 Å². The molecule has 2 atom stereocenters. The zero-order valence-corrected chi connectivity index (χ0v) is 12.4. The first-order valence-corrected chi connectivity index (χ1v) is 7.55. The first-order chi connectivity index (χ1) is 9.08. The van der Waals surface area contributed by atoms with Gasteiger partial charge >= 0.3 is 0 Å². The number of nitrogens with one attached hydrogen (secondary N) is 1. The van der Waals surface area contributed by atoms with E-state index in [2.05, 4.69) is 5.32 Å². The molecule has 0 heterocycles. The molecule has 0 fully saturated rings. The lowest BCUT2D eigenvalue weighted by Gasteiger charge is -2.20. The highest BCUT2D eigenvalue weighted by Crippen LogP contribution is 2.11. The highest BCUT2D eigenvalue weighted by molar-refractivity contribution is 7.99. The van der Waals surface area contributed by atoms with Crippen molar-refractivity contribution >= 4 is 23.7 Å². The molecule has 104 valence electrons. The van der Waals surface area contributed by atoms with Crippen LogP contribution in [0.15, 0.2) is 30.3 Å². The predicted molar refractivity (Wildman–Crippen MR) is 82.2 cm³/mol. The Morgan fingerprint density at radius 2 is 2.16 bits per heavy atom. The van der Waals surface area contributed by atoms with E-state index in [1.54, 1.807) is 11.8 Å². The summed E-state index contributed by atoms with van der Waals surface area (Å²) in [6, 6.07) is 7.84. The molecule has 4 heteroatoms. The van der Waals surface area contributed by atoms with Crippen LogP contribution in [0, 0.1) is 6.92 Å². The summed E-state index contributed by atoms with van der Waals surface area (Å²) in [6.07, 6.45) is 5.27. The highest BCUT2D eigenvalue weighted by atomic mass is 32.2. The van der Waals surface area contributed by atoms with Crippen LogP contribution < -0.4 is 5.32 Å². The van der Waals surface area contributed by atoms with Gasteiger partial charge in [-0.1, -0.05) is 24.3 Å². The van der Waals surface area contributed by atoms with Crippen molar-refractivity contribution in [1.82, 2.24) is 5.32 Å². The van der Waals surface area contributed by atoms with Gasteiger partial charge in [-0.05, 0) is 37.3 Å². The standard InChI is InChI=1S/C15H21NO2S/c1-11-6-4-5-7-13(11)8-9-15(18)16-12(2)14(10-17)19-3/h4-9,12,14,17H,10H2,1-3H3,(H,16,18)/b9-8+. The number of hydrogen-bond donors (Lipinski definition) is 2. The number of aliphatic hydroxyl groups is 1. The molecule has 0 bridgehead atoms. The number of amides is 1. The number of hydrogen-bond acceptors (Lipinski definition) is 3. The van der Waals surface area contributed by atoms with Crippen LogP contribution in [0.5, 0.6) is 0 Å². The van der Waals surface area contributed by atoms with Gasteiger partial charge in [-0.3, -0.25) is 4.79 Å². The molecular weight excluding hydrogens is 258 g/mol. The summed E-state index contributed by atoms with van der Waals surface area (Å²) in [4.78, 5) is 11.8. The van der Waals surface area contributed by atoms with E-state index in [4.69, 9.17) is 5.11 Å². The zero-order chi connectivity index (χ0) is 14.3. The van der Waals surface area contributed by atoms with Crippen molar-refractivity contribution < 1.29 is 9.90 Å². The van der Waals surface area contributed by atoms with Gasteiger partial charge < -0.3 is 10.4 Å². The second kappa shape index (κ2) is 8.02. The van der Waals surface area contributed by atoms with E-state index in [1.165, 1.54) is 6.08 Å². The van der Waals surface area contributed by atoms with E-state index in [9.17, 15) is 4.79 Å². The fourth-order valence-corrected chi connectivity index (χ4v) is 2.37. The van der Waals surface area contributed by atoms with Crippen LogP contribution in [0.3, 0.4) is 0 Å². The van der Waals surface area contributed by atoms with Crippen molar-refractivity contribution in [2.75, 3.05) is 12.9 Å². The number of aryl methyl sites for hydroxylation is 1. The lowest BCUT2D eigenvalue weighted by Crippen LogP contribution is -2.40.